The van der Waals surface area contributed by atoms with Gasteiger partial charge in [0.2, 0.25) is 0 Å². The molecule has 13 rings (SSSR count). The first-order valence-corrected chi connectivity index (χ1v) is 32.5. The van der Waals surface area contributed by atoms with Crippen molar-refractivity contribution in [2.45, 2.75) is 197 Å². The number of aromatic nitrogens is 2. The summed E-state index contributed by atoms with van der Waals surface area (Å²) < 4.78 is 49.7. The van der Waals surface area contributed by atoms with Crippen LogP contribution in [0.25, 0.3) is 77.2 Å². The molecule has 6 nitrogen and oxygen atoms in total. The summed E-state index contributed by atoms with van der Waals surface area (Å²) in [5, 5.41) is 30.7. The van der Waals surface area contributed by atoms with Crippen LogP contribution in [0.5, 0.6) is 23.0 Å². The van der Waals surface area contributed by atoms with E-state index in [2.05, 4.69) is 233 Å². The molecule has 0 unspecified atom stereocenters. The first kappa shape index (κ1) is 72.1. The molecule has 12 bridgehead atoms. The van der Waals surface area contributed by atoms with Crippen molar-refractivity contribution in [2.75, 3.05) is 13.2 Å². The second-order valence-electron chi connectivity index (χ2n) is 33.4. The maximum absolute atomic E-state index is 16.0. The second-order valence-corrected chi connectivity index (χ2v) is 33.4. The number of hydrogen-bond donors (Lipinski definition) is 2. The molecular weight excluding hydrogens is 1320 g/mol. The Morgan fingerprint density at radius 1 is 0.409 bits per heavy atom. The van der Waals surface area contributed by atoms with Gasteiger partial charge >= 0.3 is 0 Å². The van der Waals surface area contributed by atoms with Crippen LogP contribution in [0.2, 0.25) is 0 Å². The topological polar surface area (TPSA) is 68.8 Å². The largest absolute Gasteiger partial charge is 0.505 e. The monoisotopic (exact) mass is 1420 g/mol. The summed E-state index contributed by atoms with van der Waals surface area (Å²) >= 11 is 0. The van der Waals surface area contributed by atoms with Crippen LogP contribution in [0.3, 0.4) is 0 Å². The number of aromatic hydroxyl groups is 2. The van der Waals surface area contributed by atoms with E-state index in [1.165, 1.54) is 46.5 Å². The molecule has 0 aliphatic carbocycles. The molecule has 3 aliphatic rings. The van der Waals surface area contributed by atoms with Gasteiger partial charge in [-0.05, 0) is 205 Å². The Hall–Kier alpha value is -6.71. The molecule has 10 aromatic rings. The predicted molar refractivity (Wildman–Crippen MR) is 386 cm³/mol. The zero-order valence-corrected chi connectivity index (χ0v) is 63.4. The Kier molecular flexibility index (Phi) is 19.5. The first-order valence-electron chi connectivity index (χ1n) is 32.5. The van der Waals surface area contributed by atoms with Crippen LogP contribution < -0.4 is 9.47 Å². The number of phenols is 2. The molecule has 93 heavy (non-hydrogen) atoms. The molecule has 2 N–H and O–H groups in total. The summed E-state index contributed by atoms with van der Waals surface area (Å²) in [5.74, 6) is -0.0730. The average Bonchev–Trinajstić information content (AvgIpc) is 1.61. The molecule has 0 fully saturated rings. The third-order valence-electron chi connectivity index (χ3n) is 19.1. The smallest absolute Gasteiger partial charge is 0.147 e. The Balaban J connectivity index is 0.00000370. The van der Waals surface area contributed by atoms with Crippen LogP contribution in [0, 0.1) is 37.3 Å². The first-order chi connectivity index (χ1) is 41.7. The van der Waals surface area contributed by atoms with Gasteiger partial charge in [-0.25, -0.2) is 8.78 Å². The molecule has 0 amide bonds. The van der Waals surface area contributed by atoms with Crippen molar-refractivity contribution in [3.63, 3.8) is 0 Å². The van der Waals surface area contributed by atoms with Gasteiger partial charge in [0.15, 0.2) is 0 Å². The van der Waals surface area contributed by atoms with Gasteiger partial charge in [0, 0.05) is 76.1 Å². The molecular formula is C84H102F2HfN2O4-2. The van der Waals surface area contributed by atoms with Crippen LogP contribution in [0.4, 0.5) is 8.78 Å². The fourth-order valence-electron chi connectivity index (χ4n) is 15.4. The molecule has 5 heterocycles. The van der Waals surface area contributed by atoms with Gasteiger partial charge in [-0.2, -0.15) is 0 Å². The summed E-state index contributed by atoms with van der Waals surface area (Å²) in [4.78, 5) is 0. The number of rotatable bonds is 4. The third-order valence-corrected chi connectivity index (χ3v) is 19.1. The normalized spacial score (nSPS) is 14.9. The van der Waals surface area contributed by atoms with Gasteiger partial charge in [-0.15, -0.1) is 0 Å². The number of benzene rings is 8. The number of fused-ring (bicyclic) bond motifs is 3. The fourth-order valence-corrected chi connectivity index (χ4v) is 15.4. The van der Waals surface area contributed by atoms with Gasteiger partial charge in [0.05, 0.1) is 46.7 Å². The summed E-state index contributed by atoms with van der Waals surface area (Å²) in [6.45, 7) is 45.8. The Labute approximate surface area is 573 Å². The van der Waals surface area contributed by atoms with Crippen molar-refractivity contribution in [3.8, 4) is 56.6 Å². The molecule has 8 aromatic carbocycles. The van der Waals surface area contributed by atoms with Crippen molar-refractivity contribution >= 4 is 43.6 Å². The van der Waals surface area contributed by atoms with Crippen molar-refractivity contribution in [1.82, 2.24) is 9.13 Å². The fraction of sp³-hybridized carbons (Fsp3) is 0.405. The molecule has 9 heteroatoms. The molecule has 2 aromatic heterocycles. The molecule has 0 spiro atoms. The van der Waals surface area contributed by atoms with Crippen LogP contribution >= 0.6 is 0 Å². The van der Waals surface area contributed by atoms with Crippen LogP contribution in [0.1, 0.15) is 198 Å². The molecule has 0 atom stereocenters. The van der Waals surface area contributed by atoms with E-state index in [4.69, 9.17) is 9.47 Å². The van der Waals surface area contributed by atoms with E-state index < -0.39 is 11.6 Å². The molecule has 0 saturated heterocycles. The van der Waals surface area contributed by atoms with Crippen molar-refractivity contribution < 1.29 is 54.3 Å². The number of nitrogens with zero attached hydrogens (tertiary/aromatic N) is 2. The summed E-state index contributed by atoms with van der Waals surface area (Å²) in [7, 11) is 0. The number of ether oxygens (including phenoxy) is 2. The zero-order chi connectivity index (χ0) is 65.4. The third kappa shape index (κ3) is 14.0. The van der Waals surface area contributed by atoms with Crippen molar-refractivity contribution in [3.05, 3.63) is 193 Å². The molecule has 492 valence electrons. The minimum atomic E-state index is -0.459. The van der Waals surface area contributed by atoms with E-state index in [1.54, 1.807) is 12.1 Å². The van der Waals surface area contributed by atoms with Gasteiger partial charge in [0.1, 0.15) is 34.6 Å². The Morgan fingerprint density at radius 2 is 0.742 bits per heavy atom. The molecule has 0 saturated carbocycles. The van der Waals surface area contributed by atoms with E-state index in [1.807, 2.05) is 12.1 Å². The van der Waals surface area contributed by atoms with E-state index >= 15 is 8.78 Å². The van der Waals surface area contributed by atoms with Crippen molar-refractivity contribution in [1.29, 1.82) is 0 Å². The Bertz CT molecular complexity index is 4190. The van der Waals surface area contributed by atoms with E-state index in [0.717, 1.165) is 74.0 Å². The van der Waals surface area contributed by atoms with Crippen molar-refractivity contribution in [2.24, 2.45) is 10.8 Å². The quantitative estimate of drug-likeness (QED) is 0.136. The molecule has 0 radical (unpaired) electrons. The van der Waals surface area contributed by atoms with Crippen LogP contribution in [-0.2, 0) is 58.3 Å². The minimum absolute atomic E-state index is 0. The van der Waals surface area contributed by atoms with E-state index in [-0.39, 0.29) is 109 Å². The SMILES string of the molecule is CC(C)(C)CC(C)(C)c1cc2c(O)c(c1)-n1c3ccc(C(C)(C)C)cc3c3cc(ccc31)C(C)(C)CC(C)(C)c1ccc3c(c1)c1cc(C(C)(C)C)ccc1n3-c1cc(C(C)(C)CC(C)(C)C)cc(c1O)-c1cc(F)ccc1OCCCOc1ccc(F)cc1-2.[CH3-].[CH3-].[Hf]. The number of halogens is 2. The van der Waals surface area contributed by atoms with Crippen LogP contribution in [0.15, 0.2) is 133 Å². The maximum atomic E-state index is 16.0. The van der Waals surface area contributed by atoms with Gasteiger partial charge in [-0.1, -0.05) is 163 Å². The average molecular weight is 1420 g/mol. The van der Waals surface area contributed by atoms with Gasteiger partial charge in [0.25, 0.3) is 0 Å². The second kappa shape index (κ2) is 25.1. The standard InChI is InChI=1S/C82H96F2N2O4.2CH3.Hf/c1-75(2,3)46-79(13,14)53-40-63-61-44-55(83)26-32-71(61)89-34-21-35-90-72-33-27-56(84)45-62(72)64-41-54(80(15,16)47-76(4,5)6)43-70(74(64)88)86-66-29-23-50(78(10,11)12)37-58(66)60-39-52(25-31-68(60)86)82(19,20)48-81(17,18)51-24-30-67-59(38-51)57-36-49(77(7,8)9)22-28-65(57)85(67)69(42-53)73(63)87;;;/h22-33,36-45,87-88H,21,34-35,46-48H2,1-20H3;2*1H3;/q;2*-1;. The summed E-state index contributed by atoms with van der Waals surface area (Å²) in [6.07, 6.45) is 2.86. The summed E-state index contributed by atoms with van der Waals surface area (Å²) in [6, 6.07) is 44.6. The maximum Gasteiger partial charge on any atom is 0.147 e. The minimum Gasteiger partial charge on any atom is -0.505 e. The van der Waals surface area contributed by atoms with E-state index in [0.29, 0.717) is 51.5 Å². The van der Waals surface area contributed by atoms with E-state index in [9.17, 15) is 10.2 Å². The van der Waals surface area contributed by atoms with Crippen LogP contribution in [-0.4, -0.2) is 32.6 Å². The molecule has 3 aliphatic heterocycles. The number of phenolic OH excluding ortho intramolecular Hbond substituents is 2. The summed E-state index contributed by atoms with van der Waals surface area (Å²) in [5.41, 5.74) is 11.7. The number of hydrogen-bond acceptors (Lipinski definition) is 4. The van der Waals surface area contributed by atoms with Gasteiger partial charge in [-0.3, -0.25) is 0 Å². The Morgan fingerprint density at radius 3 is 1.08 bits per heavy atom. The predicted octanol–water partition coefficient (Wildman–Crippen LogP) is 23.6. The zero-order valence-electron chi connectivity index (χ0n) is 59.8. The van der Waals surface area contributed by atoms with Gasteiger partial charge < -0.3 is 43.7 Å².